The highest BCUT2D eigenvalue weighted by Crippen LogP contribution is 2.34. The number of nitrogens with one attached hydrogen (secondary N) is 1. The van der Waals surface area contributed by atoms with E-state index in [4.69, 9.17) is 0 Å². The number of benzene rings is 2. The highest BCUT2D eigenvalue weighted by Gasteiger charge is 2.32. The van der Waals surface area contributed by atoms with Gasteiger partial charge in [0.25, 0.3) is 11.8 Å². The molecule has 1 aromatic heterocycles. The standard InChI is InChI=1S/C20H17N3O2/c1-3-5-19(24)23-11-17-14(6-4-7-15(17)20(23)25)13-8-9-18-16(10-13)12(2)21-22-18/h3-10H,11H2,1-2H3,(H,21,22)/b5-3+. The second-order valence-electron chi connectivity index (χ2n) is 6.14. The molecule has 0 saturated carbocycles. The van der Waals surface area contributed by atoms with Crippen LogP contribution in [-0.4, -0.2) is 26.9 Å². The van der Waals surface area contributed by atoms with Gasteiger partial charge in [0.15, 0.2) is 0 Å². The molecule has 1 aliphatic rings. The van der Waals surface area contributed by atoms with Gasteiger partial charge in [-0.05, 0) is 54.8 Å². The SMILES string of the molecule is C/C=C/C(=O)N1Cc2c(cccc2-c2ccc3n[nH]c(C)c3c2)C1=O. The number of carbonyl (C=O) groups excluding carboxylic acids is 2. The molecule has 0 spiro atoms. The van der Waals surface area contributed by atoms with Gasteiger partial charge in [0, 0.05) is 16.6 Å². The molecule has 2 amide bonds. The summed E-state index contributed by atoms with van der Waals surface area (Å²) in [4.78, 5) is 26.0. The van der Waals surface area contributed by atoms with E-state index in [1.165, 1.54) is 11.0 Å². The molecule has 0 aliphatic carbocycles. The molecule has 0 radical (unpaired) electrons. The van der Waals surface area contributed by atoms with E-state index in [0.717, 1.165) is 33.3 Å². The fraction of sp³-hybridized carbons (Fsp3) is 0.150. The fourth-order valence-corrected chi connectivity index (χ4v) is 3.32. The maximum Gasteiger partial charge on any atom is 0.261 e. The average molecular weight is 331 g/mol. The summed E-state index contributed by atoms with van der Waals surface area (Å²) in [5.41, 5.74) is 5.40. The monoisotopic (exact) mass is 331 g/mol. The number of aryl methyl sites for hydroxylation is 1. The van der Waals surface area contributed by atoms with Crippen LogP contribution in [0.3, 0.4) is 0 Å². The van der Waals surface area contributed by atoms with Gasteiger partial charge in [0.1, 0.15) is 0 Å². The fourth-order valence-electron chi connectivity index (χ4n) is 3.32. The van der Waals surface area contributed by atoms with Crippen LogP contribution in [0, 0.1) is 6.92 Å². The zero-order valence-electron chi connectivity index (χ0n) is 14.0. The van der Waals surface area contributed by atoms with Crippen molar-refractivity contribution in [3.8, 4) is 11.1 Å². The summed E-state index contributed by atoms with van der Waals surface area (Å²) < 4.78 is 0. The largest absolute Gasteiger partial charge is 0.282 e. The predicted molar refractivity (Wildman–Crippen MR) is 96.0 cm³/mol. The maximum atomic E-state index is 12.6. The van der Waals surface area contributed by atoms with Crippen LogP contribution in [0.25, 0.3) is 22.0 Å². The molecule has 0 saturated heterocycles. The Morgan fingerprint density at radius 2 is 2.04 bits per heavy atom. The van der Waals surface area contributed by atoms with E-state index in [1.807, 2.05) is 31.2 Å². The zero-order chi connectivity index (χ0) is 17.6. The Hall–Kier alpha value is -3.21. The molecular formula is C20H17N3O2. The van der Waals surface area contributed by atoms with E-state index in [9.17, 15) is 9.59 Å². The number of fused-ring (bicyclic) bond motifs is 2. The molecular weight excluding hydrogens is 314 g/mol. The molecule has 25 heavy (non-hydrogen) atoms. The van der Waals surface area contributed by atoms with Crippen LogP contribution in [-0.2, 0) is 11.3 Å². The zero-order valence-corrected chi connectivity index (χ0v) is 14.0. The lowest BCUT2D eigenvalue weighted by Crippen LogP contribution is -2.29. The Kier molecular flexibility index (Phi) is 3.50. The Morgan fingerprint density at radius 1 is 1.24 bits per heavy atom. The first-order chi connectivity index (χ1) is 12.1. The van der Waals surface area contributed by atoms with Crippen LogP contribution in [0.15, 0.2) is 48.6 Å². The molecule has 2 heterocycles. The van der Waals surface area contributed by atoms with Crippen LogP contribution in [0.2, 0.25) is 0 Å². The summed E-state index contributed by atoms with van der Waals surface area (Å²) in [6.07, 6.45) is 3.07. The van der Waals surface area contributed by atoms with E-state index in [1.54, 1.807) is 19.1 Å². The Bertz CT molecular complexity index is 1050. The Morgan fingerprint density at radius 3 is 2.84 bits per heavy atom. The van der Waals surface area contributed by atoms with Crippen LogP contribution >= 0.6 is 0 Å². The third-order valence-electron chi connectivity index (χ3n) is 4.60. The number of amides is 2. The number of rotatable bonds is 2. The average Bonchev–Trinajstić information content (AvgIpc) is 3.16. The van der Waals surface area contributed by atoms with E-state index in [0.29, 0.717) is 12.1 Å². The molecule has 1 aliphatic heterocycles. The molecule has 124 valence electrons. The molecule has 0 bridgehead atoms. The van der Waals surface area contributed by atoms with Gasteiger partial charge >= 0.3 is 0 Å². The van der Waals surface area contributed by atoms with E-state index in [2.05, 4.69) is 16.3 Å². The van der Waals surface area contributed by atoms with Crippen LogP contribution in [0.5, 0.6) is 0 Å². The lowest BCUT2D eigenvalue weighted by molar-refractivity contribution is -0.123. The van der Waals surface area contributed by atoms with E-state index >= 15 is 0 Å². The number of hydrogen-bond acceptors (Lipinski definition) is 3. The molecule has 4 rings (SSSR count). The molecule has 3 aromatic rings. The second kappa shape index (κ2) is 5.70. The van der Waals surface area contributed by atoms with E-state index < -0.39 is 0 Å². The van der Waals surface area contributed by atoms with Gasteiger partial charge in [0.05, 0.1) is 12.1 Å². The number of aromatic nitrogens is 2. The normalized spacial score (nSPS) is 13.8. The summed E-state index contributed by atoms with van der Waals surface area (Å²) in [6, 6.07) is 11.7. The highest BCUT2D eigenvalue weighted by molar-refractivity contribution is 6.11. The number of allylic oxidation sites excluding steroid dienone is 1. The first-order valence-corrected chi connectivity index (χ1v) is 8.15. The third-order valence-corrected chi connectivity index (χ3v) is 4.60. The Balaban J connectivity index is 1.82. The van der Waals surface area contributed by atoms with Crippen LogP contribution < -0.4 is 0 Å². The second-order valence-corrected chi connectivity index (χ2v) is 6.14. The Labute approximate surface area is 145 Å². The van der Waals surface area contributed by atoms with Crippen molar-refractivity contribution in [3.05, 3.63) is 65.4 Å². The molecule has 2 aromatic carbocycles. The van der Waals surface area contributed by atoms with Gasteiger partial charge in [-0.2, -0.15) is 5.10 Å². The molecule has 5 heteroatoms. The van der Waals surface area contributed by atoms with Gasteiger partial charge in [-0.25, -0.2) is 0 Å². The molecule has 5 nitrogen and oxygen atoms in total. The first kappa shape index (κ1) is 15.3. The molecule has 1 N–H and O–H groups in total. The van der Waals surface area contributed by atoms with Gasteiger partial charge in [-0.3, -0.25) is 19.6 Å². The van der Waals surface area contributed by atoms with Crippen molar-refractivity contribution in [2.75, 3.05) is 0 Å². The van der Waals surface area contributed by atoms with Gasteiger partial charge in [-0.15, -0.1) is 0 Å². The highest BCUT2D eigenvalue weighted by atomic mass is 16.2. The van der Waals surface area contributed by atoms with Gasteiger partial charge < -0.3 is 0 Å². The predicted octanol–water partition coefficient (Wildman–Crippen LogP) is 3.60. The maximum absolute atomic E-state index is 12.6. The number of nitrogens with zero attached hydrogens (tertiary/aromatic N) is 2. The minimum Gasteiger partial charge on any atom is -0.282 e. The van der Waals surface area contributed by atoms with E-state index in [-0.39, 0.29) is 11.8 Å². The summed E-state index contributed by atoms with van der Waals surface area (Å²) >= 11 is 0. The van der Waals surface area contributed by atoms with Crippen molar-refractivity contribution in [2.45, 2.75) is 20.4 Å². The number of imide groups is 1. The van der Waals surface area contributed by atoms with Crippen molar-refractivity contribution < 1.29 is 9.59 Å². The summed E-state index contributed by atoms with van der Waals surface area (Å²) in [6.45, 7) is 4.05. The van der Waals surface area contributed by atoms with Crippen LogP contribution in [0.4, 0.5) is 0 Å². The smallest absolute Gasteiger partial charge is 0.261 e. The first-order valence-electron chi connectivity index (χ1n) is 8.15. The van der Waals surface area contributed by atoms with Crippen molar-refractivity contribution >= 4 is 22.7 Å². The number of H-pyrrole nitrogens is 1. The number of carbonyl (C=O) groups is 2. The minimum absolute atomic E-state index is 0.236. The van der Waals surface area contributed by atoms with Crippen molar-refractivity contribution in [2.24, 2.45) is 0 Å². The van der Waals surface area contributed by atoms with Crippen molar-refractivity contribution in [3.63, 3.8) is 0 Å². The third kappa shape index (κ3) is 2.36. The number of aromatic amines is 1. The lowest BCUT2D eigenvalue weighted by atomic mass is 9.96. The topological polar surface area (TPSA) is 66.1 Å². The van der Waals surface area contributed by atoms with Gasteiger partial charge in [0.2, 0.25) is 0 Å². The van der Waals surface area contributed by atoms with Crippen molar-refractivity contribution in [1.82, 2.24) is 15.1 Å². The lowest BCUT2D eigenvalue weighted by Gasteiger charge is -2.11. The van der Waals surface area contributed by atoms with Crippen molar-refractivity contribution in [1.29, 1.82) is 0 Å². The summed E-state index contributed by atoms with van der Waals surface area (Å²) in [7, 11) is 0. The summed E-state index contributed by atoms with van der Waals surface area (Å²) in [5.74, 6) is -0.517. The molecule has 0 atom stereocenters. The number of hydrogen-bond donors (Lipinski definition) is 1. The minimum atomic E-state index is -0.282. The quantitative estimate of drug-likeness (QED) is 0.730. The molecule has 0 fully saturated rings. The van der Waals surface area contributed by atoms with Gasteiger partial charge in [-0.1, -0.05) is 24.3 Å². The molecule has 0 unspecified atom stereocenters. The van der Waals surface area contributed by atoms with Crippen LogP contribution in [0.1, 0.15) is 28.5 Å². The summed E-state index contributed by atoms with van der Waals surface area (Å²) in [5, 5.41) is 8.30.